The van der Waals surface area contributed by atoms with Gasteiger partial charge in [0.1, 0.15) is 0 Å². The van der Waals surface area contributed by atoms with Gasteiger partial charge in [0.15, 0.2) is 0 Å². The number of amides is 1. The molecule has 0 N–H and O–H groups in total. The van der Waals surface area contributed by atoms with Gasteiger partial charge in [-0.3, -0.25) is 4.79 Å². The van der Waals surface area contributed by atoms with E-state index in [1.807, 2.05) is 11.8 Å². The van der Waals surface area contributed by atoms with Crippen molar-refractivity contribution in [1.82, 2.24) is 4.90 Å². The summed E-state index contributed by atoms with van der Waals surface area (Å²) in [6, 6.07) is 0.504. The highest BCUT2D eigenvalue weighted by Crippen LogP contribution is 2.33. The van der Waals surface area contributed by atoms with Gasteiger partial charge in [0.2, 0.25) is 5.91 Å². The summed E-state index contributed by atoms with van der Waals surface area (Å²) in [4.78, 5) is 14.1. The molecule has 2 fully saturated rings. The van der Waals surface area contributed by atoms with Crippen LogP contribution in [0.1, 0.15) is 32.1 Å². The van der Waals surface area contributed by atoms with E-state index >= 15 is 0 Å². The van der Waals surface area contributed by atoms with E-state index in [1.165, 1.54) is 25.7 Å². The smallest absolute Gasteiger partial charge is 0.236 e. The van der Waals surface area contributed by atoms with Crippen LogP contribution in [0.4, 0.5) is 0 Å². The van der Waals surface area contributed by atoms with Crippen LogP contribution in [0.25, 0.3) is 0 Å². The molecule has 0 bridgehead atoms. The van der Waals surface area contributed by atoms with E-state index < -0.39 is 0 Å². The fourth-order valence-electron chi connectivity index (χ4n) is 2.70. The van der Waals surface area contributed by atoms with Gasteiger partial charge in [0.05, 0.1) is 4.83 Å². The lowest BCUT2D eigenvalue weighted by Crippen LogP contribution is -2.45. The van der Waals surface area contributed by atoms with Gasteiger partial charge in [-0.05, 0) is 25.5 Å². The molecule has 0 radical (unpaired) electrons. The standard InChI is InChI=1S/C11H18BrNOS/c1-15-10-5-3-2-4-9(10)13-7-6-8(12)11(13)14/h8-10H,2-7H2,1H3. The van der Waals surface area contributed by atoms with Crippen molar-refractivity contribution in [1.29, 1.82) is 0 Å². The molecule has 0 aromatic carbocycles. The summed E-state index contributed by atoms with van der Waals surface area (Å²) in [6.45, 7) is 0.955. The summed E-state index contributed by atoms with van der Waals surface area (Å²) in [5.41, 5.74) is 0. The van der Waals surface area contributed by atoms with Crippen LogP contribution in [0.2, 0.25) is 0 Å². The Morgan fingerprint density at radius 3 is 2.67 bits per heavy atom. The number of thioether (sulfide) groups is 1. The van der Waals surface area contributed by atoms with Gasteiger partial charge in [-0.1, -0.05) is 28.8 Å². The second-order valence-electron chi connectivity index (χ2n) is 4.41. The number of halogens is 1. The lowest BCUT2D eigenvalue weighted by atomic mass is 9.94. The summed E-state index contributed by atoms with van der Waals surface area (Å²) < 4.78 is 0. The molecule has 2 aliphatic rings. The number of hydrogen-bond acceptors (Lipinski definition) is 2. The highest BCUT2D eigenvalue weighted by Gasteiger charge is 2.38. The zero-order valence-electron chi connectivity index (χ0n) is 9.12. The van der Waals surface area contributed by atoms with Crippen LogP contribution in [0.5, 0.6) is 0 Å². The Labute approximate surface area is 104 Å². The Hall–Kier alpha value is 0.300. The first-order chi connectivity index (χ1) is 7.24. The third kappa shape index (κ3) is 2.36. The molecule has 0 spiro atoms. The summed E-state index contributed by atoms with van der Waals surface area (Å²) in [6.07, 6.45) is 8.27. The molecule has 2 rings (SSSR count). The van der Waals surface area contributed by atoms with Crippen LogP contribution in [-0.4, -0.2) is 39.7 Å². The monoisotopic (exact) mass is 291 g/mol. The number of carbonyl (C=O) groups excluding carboxylic acids is 1. The van der Waals surface area contributed by atoms with E-state index in [0.29, 0.717) is 17.2 Å². The quantitative estimate of drug-likeness (QED) is 0.729. The molecule has 1 saturated heterocycles. The number of hydrogen-bond donors (Lipinski definition) is 0. The fraction of sp³-hybridized carbons (Fsp3) is 0.909. The maximum absolute atomic E-state index is 11.9. The molecule has 2 nitrogen and oxygen atoms in total. The SMILES string of the molecule is CSC1CCCCC1N1CCC(Br)C1=O. The van der Waals surface area contributed by atoms with Crippen molar-refractivity contribution >= 4 is 33.6 Å². The second kappa shape index (κ2) is 5.09. The van der Waals surface area contributed by atoms with Crippen LogP contribution in [-0.2, 0) is 4.79 Å². The molecule has 1 amide bonds. The van der Waals surface area contributed by atoms with Gasteiger partial charge in [-0.15, -0.1) is 0 Å². The zero-order chi connectivity index (χ0) is 10.8. The molecule has 1 saturated carbocycles. The van der Waals surface area contributed by atoms with Gasteiger partial charge in [0.25, 0.3) is 0 Å². The Morgan fingerprint density at radius 2 is 2.07 bits per heavy atom. The number of likely N-dealkylation sites (tertiary alicyclic amines) is 1. The maximum atomic E-state index is 11.9. The van der Waals surface area contributed by atoms with Gasteiger partial charge in [-0.2, -0.15) is 11.8 Å². The maximum Gasteiger partial charge on any atom is 0.236 e. The highest BCUT2D eigenvalue weighted by atomic mass is 79.9. The Kier molecular flexibility index (Phi) is 3.99. The van der Waals surface area contributed by atoms with Crippen molar-refractivity contribution in [3.63, 3.8) is 0 Å². The van der Waals surface area contributed by atoms with Crippen LogP contribution >= 0.6 is 27.7 Å². The lowest BCUT2D eigenvalue weighted by Gasteiger charge is -2.37. The molecule has 4 heteroatoms. The molecule has 3 atom stereocenters. The Balaban J connectivity index is 2.04. The van der Waals surface area contributed by atoms with Crippen molar-refractivity contribution in [2.24, 2.45) is 0 Å². The van der Waals surface area contributed by atoms with Crippen molar-refractivity contribution in [2.75, 3.05) is 12.8 Å². The minimum atomic E-state index is 0.0851. The van der Waals surface area contributed by atoms with E-state index in [0.717, 1.165) is 13.0 Å². The Bertz CT molecular complexity index is 249. The van der Waals surface area contributed by atoms with Crippen LogP contribution in [0.15, 0.2) is 0 Å². The van der Waals surface area contributed by atoms with Gasteiger partial charge in [-0.25, -0.2) is 0 Å². The highest BCUT2D eigenvalue weighted by molar-refractivity contribution is 9.10. The van der Waals surface area contributed by atoms with E-state index in [4.69, 9.17) is 0 Å². The second-order valence-corrected chi connectivity index (χ2v) is 6.60. The molecule has 1 aliphatic carbocycles. The molecule has 0 aromatic rings. The molecule has 86 valence electrons. The van der Waals surface area contributed by atoms with Crippen molar-refractivity contribution in [3.05, 3.63) is 0 Å². The molecule has 3 unspecified atom stereocenters. The molecular weight excluding hydrogens is 274 g/mol. The summed E-state index contributed by atoms with van der Waals surface area (Å²) in [5.74, 6) is 0.320. The topological polar surface area (TPSA) is 20.3 Å². The normalized spacial score (nSPS) is 37.3. The zero-order valence-corrected chi connectivity index (χ0v) is 11.5. The third-order valence-electron chi connectivity index (χ3n) is 3.55. The van der Waals surface area contributed by atoms with Crippen LogP contribution in [0.3, 0.4) is 0 Å². The molecule has 15 heavy (non-hydrogen) atoms. The fourth-order valence-corrected chi connectivity index (χ4v) is 4.17. The van der Waals surface area contributed by atoms with Crippen molar-refractivity contribution < 1.29 is 4.79 Å². The molecule has 1 heterocycles. The summed E-state index contributed by atoms with van der Waals surface area (Å²) in [7, 11) is 0. The van der Waals surface area contributed by atoms with E-state index in [-0.39, 0.29) is 4.83 Å². The molecular formula is C11H18BrNOS. The van der Waals surface area contributed by atoms with E-state index in [2.05, 4.69) is 27.1 Å². The summed E-state index contributed by atoms with van der Waals surface area (Å²) >= 11 is 5.39. The Morgan fingerprint density at radius 1 is 1.33 bits per heavy atom. The van der Waals surface area contributed by atoms with Gasteiger partial charge in [0, 0.05) is 17.8 Å². The van der Waals surface area contributed by atoms with Crippen molar-refractivity contribution in [3.8, 4) is 0 Å². The lowest BCUT2D eigenvalue weighted by molar-refractivity contribution is -0.129. The molecule has 1 aliphatic heterocycles. The van der Waals surface area contributed by atoms with Crippen molar-refractivity contribution in [2.45, 2.75) is 48.2 Å². The number of alkyl halides is 1. The number of rotatable bonds is 2. The number of nitrogens with zero attached hydrogens (tertiary/aromatic N) is 1. The summed E-state index contributed by atoms with van der Waals surface area (Å²) in [5, 5.41) is 0.667. The molecule has 0 aromatic heterocycles. The van der Waals surface area contributed by atoms with E-state index in [9.17, 15) is 4.79 Å². The first-order valence-corrected chi connectivity index (χ1v) is 7.91. The van der Waals surface area contributed by atoms with Crippen LogP contribution in [0, 0.1) is 0 Å². The average Bonchev–Trinajstić information content (AvgIpc) is 2.60. The third-order valence-corrected chi connectivity index (χ3v) is 5.55. The predicted molar refractivity (Wildman–Crippen MR) is 68.6 cm³/mol. The largest absolute Gasteiger partial charge is 0.338 e. The minimum Gasteiger partial charge on any atom is -0.338 e. The average molecular weight is 292 g/mol. The van der Waals surface area contributed by atoms with Gasteiger partial charge < -0.3 is 4.90 Å². The number of carbonyl (C=O) groups is 1. The van der Waals surface area contributed by atoms with Crippen LogP contribution < -0.4 is 0 Å². The minimum absolute atomic E-state index is 0.0851. The van der Waals surface area contributed by atoms with Gasteiger partial charge >= 0.3 is 0 Å². The predicted octanol–water partition coefficient (Wildman–Crippen LogP) is 2.66. The first kappa shape index (κ1) is 11.8. The van der Waals surface area contributed by atoms with E-state index in [1.54, 1.807) is 0 Å². The first-order valence-electron chi connectivity index (χ1n) is 5.71.